The molecule has 0 radical (unpaired) electrons. The van der Waals surface area contributed by atoms with E-state index in [2.05, 4.69) is 13.8 Å². The molecule has 106 valence electrons. The number of nitrogen functional groups attached to an aromatic ring is 1. The summed E-state index contributed by atoms with van der Waals surface area (Å²) in [5.74, 6) is 0.956. The van der Waals surface area contributed by atoms with Crippen LogP contribution in [0.4, 0.5) is 10.1 Å². The third kappa shape index (κ3) is 3.23. The number of anilines is 1. The second kappa shape index (κ2) is 6.14. The van der Waals surface area contributed by atoms with Gasteiger partial charge >= 0.3 is 0 Å². The summed E-state index contributed by atoms with van der Waals surface area (Å²) in [6.07, 6.45) is 1.08. The van der Waals surface area contributed by atoms with E-state index in [9.17, 15) is 4.39 Å². The van der Waals surface area contributed by atoms with E-state index >= 15 is 0 Å². The summed E-state index contributed by atoms with van der Waals surface area (Å²) in [4.78, 5) is 0. The maximum atomic E-state index is 13.2. The van der Waals surface area contributed by atoms with Gasteiger partial charge in [-0.2, -0.15) is 0 Å². The Bertz CT molecular complexity index is 598. The van der Waals surface area contributed by atoms with E-state index in [1.165, 1.54) is 11.6 Å². The van der Waals surface area contributed by atoms with E-state index in [0.29, 0.717) is 17.4 Å². The molecule has 0 aliphatic heterocycles. The van der Waals surface area contributed by atoms with Crippen molar-refractivity contribution in [1.82, 2.24) is 0 Å². The minimum Gasteiger partial charge on any atom is -0.455 e. The van der Waals surface area contributed by atoms with Gasteiger partial charge in [-0.3, -0.25) is 0 Å². The van der Waals surface area contributed by atoms with Gasteiger partial charge in [-0.25, -0.2) is 4.39 Å². The van der Waals surface area contributed by atoms with Gasteiger partial charge in [0.15, 0.2) is 5.75 Å². The minimum absolute atomic E-state index is 0.00887. The highest BCUT2D eigenvalue weighted by molar-refractivity contribution is 6.31. The fourth-order valence-electron chi connectivity index (χ4n) is 1.86. The molecule has 0 aliphatic carbocycles. The van der Waals surface area contributed by atoms with Gasteiger partial charge in [0.25, 0.3) is 0 Å². The van der Waals surface area contributed by atoms with Crippen molar-refractivity contribution in [2.45, 2.75) is 26.2 Å². The average molecular weight is 294 g/mol. The van der Waals surface area contributed by atoms with Crippen LogP contribution in [0.5, 0.6) is 11.5 Å². The van der Waals surface area contributed by atoms with Gasteiger partial charge in [0.05, 0.1) is 10.7 Å². The fraction of sp³-hybridized carbons (Fsp3) is 0.250. The Morgan fingerprint density at radius 3 is 2.50 bits per heavy atom. The van der Waals surface area contributed by atoms with Crippen LogP contribution in [-0.4, -0.2) is 0 Å². The van der Waals surface area contributed by atoms with Crippen LogP contribution in [0, 0.1) is 5.82 Å². The number of rotatable bonds is 4. The van der Waals surface area contributed by atoms with Crippen LogP contribution in [0.25, 0.3) is 0 Å². The molecule has 2 aromatic rings. The maximum absolute atomic E-state index is 13.2. The third-order valence-electron chi connectivity index (χ3n) is 3.34. The summed E-state index contributed by atoms with van der Waals surface area (Å²) >= 11 is 5.73. The Morgan fingerprint density at radius 2 is 1.90 bits per heavy atom. The Hall–Kier alpha value is -1.74. The monoisotopic (exact) mass is 293 g/mol. The molecule has 0 fully saturated rings. The van der Waals surface area contributed by atoms with E-state index in [1.54, 1.807) is 0 Å². The molecule has 4 heteroatoms. The number of nitrogens with two attached hydrogens (primary N) is 1. The molecule has 0 amide bonds. The smallest absolute Gasteiger partial charge is 0.151 e. The Kier molecular flexibility index (Phi) is 4.50. The summed E-state index contributed by atoms with van der Waals surface area (Å²) in [6, 6.07) is 10.3. The quantitative estimate of drug-likeness (QED) is 0.769. The van der Waals surface area contributed by atoms with Crippen LogP contribution in [-0.2, 0) is 0 Å². The van der Waals surface area contributed by atoms with E-state index in [0.717, 1.165) is 12.5 Å². The number of halogens is 2. The highest BCUT2D eigenvalue weighted by Gasteiger charge is 2.09. The zero-order valence-corrected chi connectivity index (χ0v) is 12.2. The second-order valence-corrected chi connectivity index (χ2v) is 5.19. The van der Waals surface area contributed by atoms with Crippen LogP contribution < -0.4 is 10.5 Å². The molecule has 0 saturated carbocycles. The van der Waals surface area contributed by atoms with Crippen LogP contribution >= 0.6 is 11.6 Å². The highest BCUT2D eigenvalue weighted by atomic mass is 35.5. The lowest BCUT2D eigenvalue weighted by molar-refractivity contribution is 0.483. The van der Waals surface area contributed by atoms with Crippen LogP contribution in [0.15, 0.2) is 36.4 Å². The average Bonchev–Trinajstić information content (AvgIpc) is 2.44. The first kappa shape index (κ1) is 14.7. The molecule has 1 atom stereocenters. The first-order chi connectivity index (χ1) is 9.51. The molecule has 0 aliphatic rings. The summed E-state index contributed by atoms with van der Waals surface area (Å²) in [6.45, 7) is 4.32. The maximum Gasteiger partial charge on any atom is 0.151 e. The molecule has 0 saturated heterocycles. The summed E-state index contributed by atoms with van der Waals surface area (Å²) in [5.41, 5.74) is 7.19. The first-order valence-corrected chi connectivity index (χ1v) is 6.91. The molecule has 2 aromatic carbocycles. The van der Waals surface area contributed by atoms with Crippen molar-refractivity contribution < 1.29 is 9.13 Å². The normalized spacial score (nSPS) is 12.2. The van der Waals surface area contributed by atoms with E-state index in [1.807, 2.05) is 24.3 Å². The van der Waals surface area contributed by atoms with Gasteiger partial charge in [0.2, 0.25) is 0 Å². The number of hydrogen-bond acceptors (Lipinski definition) is 2. The van der Waals surface area contributed by atoms with E-state index < -0.39 is 5.82 Å². The van der Waals surface area contributed by atoms with Gasteiger partial charge in [-0.1, -0.05) is 37.6 Å². The molecule has 2 rings (SSSR count). The van der Waals surface area contributed by atoms with Crippen molar-refractivity contribution in [2.24, 2.45) is 0 Å². The van der Waals surface area contributed by atoms with Gasteiger partial charge < -0.3 is 10.5 Å². The van der Waals surface area contributed by atoms with Gasteiger partial charge in [0.1, 0.15) is 11.6 Å². The molecule has 2 N–H and O–H groups in total. The zero-order valence-electron chi connectivity index (χ0n) is 11.5. The van der Waals surface area contributed by atoms with E-state index in [-0.39, 0.29) is 10.7 Å². The van der Waals surface area contributed by atoms with Gasteiger partial charge in [-0.05, 0) is 30.0 Å². The lowest BCUT2D eigenvalue weighted by atomic mass is 9.99. The lowest BCUT2D eigenvalue weighted by Crippen LogP contribution is -1.95. The molecule has 20 heavy (non-hydrogen) atoms. The van der Waals surface area contributed by atoms with Crippen molar-refractivity contribution in [3.05, 3.63) is 52.8 Å². The third-order valence-corrected chi connectivity index (χ3v) is 3.63. The molecule has 0 bridgehead atoms. The molecule has 2 nitrogen and oxygen atoms in total. The molecule has 1 unspecified atom stereocenters. The molecular weight excluding hydrogens is 277 g/mol. The predicted molar refractivity (Wildman–Crippen MR) is 81.0 cm³/mol. The second-order valence-electron chi connectivity index (χ2n) is 4.78. The number of benzene rings is 2. The van der Waals surface area contributed by atoms with Gasteiger partial charge in [0, 0.05) is 12.1 Å². The first-order valence-electron chi connectivity index (χ1n) is 6.53. The molecule has 0 spiro atoms. The lowest BCUT2D eigenvalue weighted by Gasteiger charge is -2.12. The standard InChI is InChI=1S/C16H17ClFNO/c1-3-10(2)11-4-6-12(7-5-11)20-16-8-13(17)14(18)9-15(16)19/h4-10H,3,19H2,1-2H3. The van der Waals surface area contributed by atoms with Gasteiger partial charge in [-0.15, -0.1) is 0 Å². The van der Waals surface area contributed by atoms with Crippen LogP contribution in [0.2, 0.25) is 5.02 Å². The largest absolute Gasteiger partial charge is 0.455 e. The zero-order chi connectivity index (χ0) is 14.7. The summed E-state index contributed by atoms with van der Waals surface area (Å²) in [5, 5.41) is -0.00887. The molecular formula is C16H17ClFNO. The van der Waals surface area contributed by atoms with Crippen molar-refractivity contribution in [1.29, 1.82) is 0 Å². The van der Waals surface area contributed by atoms with Crippen LogP contribution in [0.3, 0.4) is 0 Å². The fourth-order valence-corrected chi connectivity index (χ4v) is 2.01. The number of ether oxygens (including phenoxy) is 1. The highest BCUT2D eigenvalue weighted by Crippen LogP contribution is 2.32. The molecule has 0 heterocycles. The van der Waals surface area contributed by atoms with Crippen molar-refractivity contribution >= 4 is 17.3 Å². The Labute approximate surface area is 123 Å². The number of hydrogen-bond donors (Lipinski definition) is 1. The predicted octanol–water partition coefficient (Wildman–Crippen LogP) is 5.37. The van der Waals surface area contributed by atoms with Crippen molar-refractivity contribution in [3.8, 4) is 11.5 Å². The van der Waals surface area contributed by atoms with E-state index in [4.69, 9.17) is 22.1 Å². The van der Waals surface area contributed by atoms with Crippen molar-refractivity contribution in [3.63, 3.8) is 0 Å². The molecule has 0 aromatic heterocycles. The topological polar surface area (TPSA) is 35.2 Å². The minimum atomic E-state index is -0.552. The SMILES string of the molecule is CCC(C)c1ccc(Oc2cc(Cl)c(F)cc2N)cc1. The summed E-state index contributed by atoms with van der Waals surface area (Å²) in [7, 11) is 0. The summed E-state index contributed by atoms with van der Waals surface area (Å²) < 4.78 is 18.8. The van der Waals surface area contributed by atoms with Crippen LogP contribution in [0.1, 0.15) is 31.7 Å². The Balaban J connectivity index is 2.20. The Morgan fingerprint density at radius 1 is 1.25 bits per heavy atom. The van der Waals surface area contributed by atoms with Crippen molar-refractivity contribution in [2.75, 3.05) is 5.73 Å².